The molecule has 0 bridgehead atoms. The smallest absolute Gasteiger partial charge is 0.302 e. The predicted octanol–water partition coefficient (Wildman–Crippen LogP) is 2.84. The fraction of sp³-hybridized carbons (Fsp3) is 0.500. The van der Waals surface area contributed by atoms with Crippen LogP contribution in [-0.4, -0.2) is 11.8 Å². The fourth-order valence-corrected chi connectivity index (χ4v) is 2.96. The van der Waals surface area contributed by atoms with Crippen molar-refractivity contribution in [2.45, 2.75) is 31.8 Å². The van der Waals surface area contributed by atoms with E-state index in [9.17, 15) is 4.21 Å². The molecule has 0 unspecified atom stereocenters. The number of rotatable bonds is 4. The second-order valence-electron chi connectivity index (χ2n) is 4.29. The Bertz CT molecular complexity index is 397. The molecule has 1 aromatic carbocycles. The molecule has 1 N–H and O–H groups in total. The predicted molar refractivity (Wildman–Crippen MR) is 70.7 cm³/mol. The van der Waals surface area contributed by atoms with Crippen molar-refractivity contribution in [2.75, 3.05) is 5.75 Å². The molecule has 0 amide bonds. The van der Waals surface area contributed by atoms with Gasteiger partial charge < -0.3 is 5.32 Å². The Morgan fingerprint density at radius 3 is 3.19 bits per heavy atom. The maximum Gasteiger partial charge on any atom is 0.460 e. The maximum atomic E-state index is 10.5. The largest absolute Gasteiger partial charge is 0.460 e. The third-order valence-corrected chi connectivity index (χ3v) is 4.12. The zero-order valence-corrected chi connectivity index (χ0v) is 11.6. The lowest BCUT2D eigenvalue weighted by Crippen LogP contribution is -2.31. The van der Waals surface area contributed by atoms with Crippen LogP contribution in [0.1, 0.15) is 30.5 Å². The summed E-state index contributed by atoms with van der Waals surface area (Å²) in [6.45, 7) is 2.07. The zero-order valence-electron chi connectivity index (χ0n) is 9.20. The summed E-state index contributed by atoms with van der Waals surface area (Å²) in [6.07, 6.45) is 2.27. The van der Waals surface area contributed by atoms with E-state index in [1.807, 2.05) is 0 Å². The molecule has 0 aromatic heterocycles. The standard InChI is InChI=1S/C12H15BrNOS/c1-8(7-16-15)14-12-5-2-9-6-10(13)3-4-11(9)12/h3-4,6,8,12,14H,2,5,7H2,1H3/q+1/t8-,12-/m0/s1. The highest BCUT2D eigenvalue weighted by Crippen LogP contribution is 2.33. The quantitative estimate of drug-likeness (QED) is 0.867. The Morgan fingerprint density at radius 1 is 1.62 bits per heavy atom. The molecule has 2 nitrogen and oxygen atoms in total. The van der Waals surface area contributed by atoms with Gasteiger partial charge in [-0.2, -0.15) is 0 Å². The van der Waals surface area contributed by atoms with Gasteiger partial charge in [0, 0.05) is 14.7 Å². The molecule has 2 rings (SSSR count). The number of hydrogen-bond donors (Lipinski definition) is 1. The number of nitrogens with one attached hydrogen (secondary N) is 1. The van der Waals surface area contributed by atoms with E-state index in [2.05, 4.69) is 46.4 Å². The van der Waals surface area contributed by atoms with Crippen LogP contribution in [0.2, 0.25) is 0 Å². The van der Waals surface area contributed by atoms with E-state index >= 15 is 0 Å². The molecule has 1 aromatic rings. The number of benzene rings is 1. The summed E-state index contributed by atoms with van der Waals surface area (Å²) in [6, 6.07) is 7.17. The minimum absolute atomic E-state index is 0.280. The van der Waals surface area contributed by atoms with Crippen molar-refractivity contribution in [1.82, 2.24) is 5.32 Å². The molecular weight excluding hydrogens is 286 g/mol. The van der Waals surface area contributed by atoms with Gasteiger partial charge in [0.2, 0.25) is 5.75 Å². The van der Waals surface area contributed by atoms with E-state index in [4.69, 9.17) is 0 Å². The number of aryl methyl sites for hydroxylation is 1. The average molecular weight is 301 g/mol. The van der Waals surface area contributed by atoms with E-state index in [0.29, 0.717) is 23.5 Å². The van der Waals surface area contributed by atoms with E-state index in [1.165, 1.54) is 11.1 Å². The molecule has 2 atom stereocenters. The van der Waals surface area contributed by atoms with Crippen LogP contribution < -0.4 is 5.32 Å². The Morgan fingerprint density at radius 2 is 2.44 bits per heavy atom. The zero-order chi connectivity index (χ0) is 11.5. The lowest BCUT2D eigenvalue weighted by molar-refractivity contribution is 0.476. The molecule has 0 fully saturated rings. The van der Waals surface area contributed by atoms with E-state index in [0.717, 1.165) is 17.3 Å². The Kier molecular flexibility index (Phi) is 4.05. The van der Waals surface area contributed by atoms with Gasteiger partial charge >= 0.3 is 11.7 Å². The van der Waals surface area contributed by atoms with Gasteiger partial charge in [-0.1, -0.05) is 22.0 Å². The minimum Gasteiger partial charge on any atom is -0.302 e. The monoisotopic (exact) mass is 300 g/mol. The Labute approximate surface area is 108 Å². The van der Waals surface area contributed by atoms with Gasteiger partial charge in [0.25, 0.3) is 0 Å². The van der Waals surface area contributed by atoms with Crippen LogP contribution in [0.25, 0.3) is 0 Å². The first-order valence-electron chi connectivity index (χ1n) is 5.50. The molecule has 0 heterocycles. The summed E-state index contributed by atoms with van der Waals surface area (Å²) in [5, 5.41) is 3.52. The van der Waals surface area contributed by atoms with Gasteiger partial charge in [-0.05, 0) is 43.0 Å². The van der Waals surface area contributed by atoms with Crippen LogP contribution in [0.5, 0.6) is 0 Å². The Hall–Kier alpha value is -0.320. The summed E-state index contributed by atoms with van der Waals surface area (Å²) in [5.41, 5.74) is 2.82. The first-order chi connectivity index (χ1) is 7.70. The number of hydrogen-bond acceptors (Lipinski definition) is 2. The fourth-order valence-electron chi connectivity index (χ4n) is 2.25. The van der Waals surface area contributed by atoms with Crippen LogP contribution >= 0.6 is 15.9 Å². The average Bonchev–Trinajstić information content (AvgIpc) is 2.61. The van der Waals surface area contributed by atoms with Crippen molar-refractivity contribution in [3.63, 3.8) is 0 Å². The van der Waals surface area contributed by atoms with Crippen LogP contribution in [0.15, 0.2) is 22.7 Å². The van der Waals surface area contributed by atoms with Crippen molar-refractivity contribution in [1.29, 1.82) is 0 Å². The minimum atomic E-state index is 0.280. The molecule has 0 aliphatic heterocycles. The summed E-state index contributed by atoms with van der Waals surface area (Å²) >= 11 is 4.15. The molecule has 0 radical (unpaired) electrons. The van der Waals surface area contributed by atoms with Gasteiger partial charge in [0.15, 0.2) is 0 Å². The molecular formula is C12H15BrNOS+. The maximum absolute atomic E-state index is 10.5. The first kappa shape index (κ1) is 12.1. The van der Waals surface area contributed by atoms with Gasteiger partial charge in [-0.15, -0.1) is 0 Å². The number of fused-ring (bicyclic) bond motifs is 1. The van der Waals surface area contributed by atoms with Gasteiger partial charge in [0.05, 0.1) is 6.04 Å². The second-order valence-corrected chi connectivity index (χ2v) is 5.77. The molecule has 1 aliphatic rings. The van der Waals surface area contributed by atoms with E-state index in [1.54, 1.807) is 0 Å². The highest BCUT2D eigenvalue weighted by atomic mass is 79.9. The molecule has 0 spiro atoms. The van der Waals surface area contributed by atoms with Crippen LogP contribution in [-0.2, 0) is 22.3 Å². The van der Waals surface area contributed by atoms with Gasteiger partial charge in [-0.3, -0.25) is 0 Å². The van der Waals surface area contributed by atoms with Crippen LogP contribution in [0.4, 0.5) is 0 Å². The second kappa shape index (κ2) is 5.34. The summed E-state index contributed by atoms with van der Waals surface area (Å²) in [7, 11) is 0. The van der Waals surface area contributed by atoms with Gasteiger partial charge in [0.1, 0.15) is 0 Å². The topological polar surface area (TPSA) is 29.1 Å². The number of halogens is 1. The summed E-state index contributed by atoms with van der Waals surface area (Å²) < 4.78 is 11.6. The highest BCUT2D eigenvalue weighted by molar-refractivity contribution is 9.10. The normalized spacial score (nSPS) is 20.5. The van der Waals surface area contributed by atoms with Crippen molar-refractivity contribution in [3.8, 4) is 0 Å². The summed E-state index contributed by atoms with van der Waals surface area (Å²) in [4.78, 5) is 0. The molecule has 86 valence electrons. The van der Waals surface area contributed by atoms with Crippen molar-refractivity contribution in [3.05, 3.63) is 33.8 Å². The molecule has 0 saturated carbocycles. The van der Waals surface area contributed by atoms with Crippen LogP contribution in [0, 0.1) is 0 Å². The third kappa shape index (κ3) is 2.67. The molecule has 4 heteroatoms. The van der Waals surface area contributed by atoms with Crippen molar-refractivity contribution in [2.24, 2.45) is 0 Å². The van der Waals surface area contributed by atoms with E-state index < -0.39 is 0 Å². The molecule has 16 heavy (non-hydrogen) atoms. The summed E-state index contributed by atoms with van der Waals surface area (Å²) in [5.74, 6) is 0.627. The van der Waals surface area contributed by atoms with E-state index in [-0.39, 0.29) is 6.04 Å². The Balaban J connectivity index is 2.08. The van der Waals surface area contributed by atoms with Crippen molar-refractivity contribution >= 4 is 27.6 Å². The lowest BCUT2D eigenvalue weighted by atomic mass is 10.1. The molecule has 1 aliphatic carbocycles. The van der Waals surface area contributed by atoms with Crippen LogP contribution in [0.3, 0.4) is 0 Å². The van der Waals surface area contributed by atoms with Gasteiger partial charge in [-0.25, -0.2) is 0 Å². The first-order valence-corrected chi connectivity index (χ1v) is 7.20. The SMILES string of the molecule is C[C@@H](C[S+]=O)N[C@H]1CCc2cc(Br)ccc21. The van der Waals surface area contributed by atoms with Crippen molar-refractivity contribution < 1.29 is 4.21 Å². The highest BCUT2D eigenvalue weighted by Gasteiger charge is 2.24. The molecule has 0 saturated heterocycles. The third-order valence-electron chi connectivity index (χ3n) is 2.99. The lowest BCUT2D eigenvalue weighted by Gasteiger charge is -2.16.